The molecule has 1 aliphatic rings. The second kappa shape index (κ2) is 8.45. The van der Waals surface area contributed by atoms with E-state index in [1.807, 2.05) is 30.3 Å². The third kappa shape index (κ3) is 4.14. The van der Waals surface area contributed by atoms with Crippen LogP contribution in [-0.4, -0.2) is 40.5 Å². The molecule has 29 heavy (non-hydrogen) atoms. The van der Waals surface area contributed by atoms with Gasteiger partial charge in [0.1, 0.15) is 0 Å². The van der Waals surface area contributed by atoms with E-state index in [0.717, 1.165) is 25.9 Å². The summed E-state index contributed by atoms with van der Waals surface area (Å²) in [5, 5.41) is 5.73. The molecule has 3 aromatic rings. The summed E-state index contributed by atoms with van der Waals surface area (Å²) < 4.78 is 7.19. The van der Waals surface area contributed by atoms with Gasteiger partial charge < -0.3 is 15.4 Å². The highest BCUT2D eigenvalue weighted by Gasteiger charge is 2.23. The molecule has 2 amide bonds. The lowest BCUT2D eigenvalue weighted by Gasteiger charge is -2.10. The molecule has 7 heteroatoms. The first-order valence-electron chi connectivity index (χ1n) is 9.93. The molecule has 0 spiro atoms. The molecule has 4 rings (SSSR count). The number of nitrogens with one attached hydrogen (secondary N) is 2. The first-order chi connectivity index (χ1) is 14.2. The van der Waals surface area contributed by atoms with E-state index in [4.69, 9.17) is 4.74 Å². The number of rotatable bonds is 6. The van der Waals surface area contributed by atoms with Crippen molar-refractivity contribution in [3.8, 4) is 0 Å². The van der Waals surface area contributed by atoms with Gasteiger partial charge in [0, 0.05) is 25.0 Å². The third-order valence-corrected chi connectivity index (χ3v) is 5.10. The van der Waals surface area contributed by atoms with Crippen LogP contribution in [-0.2, 0) is 11.2 Å². The average Bonchev–Trinajstić information content (AvgIpc) is 3.40. The van der Waals surface area contributed by atoms with Crippen LogP contribution < -0.4 is 10.6 Å². The van der Waals surface area contributed by atoms with Crippen LogP contribution in [0.3, 0.4) is 0 Å². The van der Waals surface area contributed by atoms with Gasteiger partial charge in [-0.25, -0.2) is 4.98 Å². The molecule has 0 radical (unpaired) electrons. The van der Waals surface area contributed by atoms with Crippen molar-refractivity contribution in [1.82, 2.24) is 14.7 Å². The number of fused-ring (bicyclic) bond motifs is 1. The summed E-state index contributed by atoms with van der Waals surface area (Å²) in [5.41, 5.74) is 2.68. The van der Waals surface area contributed by atoms with E-state index in [2.05, 4.69) is 22.5 Å². The quantitative estimate of drug-likeness (QED) is 0.675. The summed E-state index contributed by atoms with van der Waals surface area (Å²) in [7, 11) is 0. The van der Waals surface area contributed by atoms with Gasteiger partial charge in [0.25, 0.3) is 11.8 Å². The fourth-order valence-corrected chi connectivity index (χ4v) is 3.47. The van der Waals surface area contributed by atoms with Gasteiger partial charge in [0.05, 0.1) is 11.6 Å². The summed E-state index contributed by atoms with van der Waals surface area (Å²) >= 11 is 0. The highest BCUT2D eigenvalue weighted by atomic mass is 16.5. The van der Waals surface area contributed by atoms with E-state index in [9.17, 15) is 9.59 Å². The number of imidazole rings is 1. The van der Waals surface area contributed by atoms with Gasteiger partial charge in [-0.15, -0.1) is 0 Å². The molecule has 1 aliphatic heterocycles. The summed E-state index contributed by atoms with van der Waals surface area (Å²) in [5.74, 6) is -0.491. The number of carbonyl (C=O) groups excluding carboxylic acids is 2. The summed E-state index contributed by atoms with van der Waals surface area (Å²) in [6.07, 6.45) is 4.66. The summed E-state index contributed by atoms with van der Waals surface area (Å²) in [6.45, 7) is 3.25. The topological polar surface area (TPSA) is 84.7 Å². The molecule has 1 aromatic carbocycles. The van der Waals surface area contributed by atoms with Crippen LogP contribution in [0, 0.1) is 0 Å². The number of amides is 2. The maximum atomic E-state index is 12.8. The summed E-state index contributed by atoms with van der Waals surface area (Å²) in [6, 6.07) is 13.1. The molecule has 0 aliphatic carbocycles. The number of benzene rings is 1. The Hall–Kier alpha value is -3.19. The van der Waals surface area contributed by atoms with Gasteiger partial charge in [-0.05, 0) is 49.1 Å². The number of aryl methyl sites for hydroxylation is 1. The fraction of sp³-hybridized carbons (Fsp3) is 0.318. The molecule has 2 N–H and O–H groups in total. The molecular weight excluding hydrogens is 368 g/mol. The molecule has 0 saturated carbocycles. The van der Waals surface area contributed by atoms with Crippen LogP contribution in [0.2, 0.25) is 0 Å². The van der Waals surface area contributed by atoms with Crippen LogP contribution in [0.4, 0.5) is 5.69 Å². The number of ether oxygens (including phenoxy) is 1. The maximum Gasteiger partial charge on any atom is 0.287 e. The zero-order chi connectivity index (χ0) is 20.2. The Morgan fingerprint density at radius 2 is 2.00 bits per heavy atom. The monoisotopic (exact) mass is 392 g/mol. The molecular formula is C22H24N4O3. The van der Waals surface area contributed by atoms with Crippen LogP contribution in [0.25, 0.3) is 5.52 Å². The van der Waals surface area contributed by atoms with Crippen molar-refractivity contribution in [3.63, 3.8) is 0 Å². The number of hydrogen-bond acceptors (Lipinski definition) is 4. The average molecular weight is 392 g/mol. The van der Waals surface area contributed by atoms with Gasteiger partial charge in [-0.1, -0.05) is 25.1 Å². The SMILES string of the molecule is CCc1ccc(NC(=O)c2nc(C(=O)NCC3CCCO3)n3ccccc23)cc1. The molecule has 1 fully saturated rings. The smallest absolute Gasteiger partial charge is 0.287 e. The van der Waals surface area contributed by atoms with Gasteiger partial charge >= 0.3 is 0 Å². The molecule has 3 heterocycles. The Morgan fingerprint density at radius 1 is 1.17 bits per heavy atom. The van der Waals surface area contributed by atoms with Crippen LogP contribution in [0.5, 0.6) is 0 Å². The zero-order valence-corrected chi connectivity index (χ0v) is 16.4. The highest BCUT2D eigenvalue weighted by molar-refractivity contribution is 6.08. The largest absolute Gasteiger partial charge is 0.376 e. The van der Waals surface area contributed by atoms with Crippen molar-refractivity contribution in [2.45, 2.75) is 32.3 Å². The number of nitrogens with zero attached hydrogens (tertiary/aromatic N) is 2. The van der Waals surface area contributed by atoms with Gasteiger partial charge in [0.2, 0.25) is 5.82 Å². The number of anilines is 1. The predicted molar refractivity (Wildman–Crippen MR) is 110 cm³/mol. The Bertz CT molecular complexity index is 1020. The first-order valence-corrected chi connectivity index (χ1v) is 9.93. The van der Waals surface area contributed by atoms with Crippen molar-refractivity contribution in [1.29, 1.82) is 0 Å². The Kier molecular flexibility index (Phi) is 5.57. The van der Waals surface area contributed by atoms with Crippen molar-refractivity contribution < 1.29 is 14.3 Å². The second-order valence-corrected chi connectivity index (χ2v) is 7.09. The van der Waals surface area contributed by atoms with E-state index in [0.29, 0.717) is 17.7 Å². The minimum Gasteiger partial charge on any atom is -0.376 e. The van der Waals surface area contributed by atoms with E-state index >= 15 is 0 Å². The lowest BCUT2D eigenvalue weighted by Crippen LogP contribution is -2.33. The minimum atomic E-state index is -0.351. The Balaban J connectivity index is 1.55. The molecule has 150 valence electrons. The molecule has 1 saturated heterocycles. The second-order valence-electron chi connectivity index (χ2n) is 7.09. The standard InChI is InChI=1S/C22H24N4O3/c1-2-15-8-10-16(11-9-15)24-21(27)19-18-7-3-4-12-26(18)20(25-19)22(28)23-14-17-6-5-13-29-17/h3-4,7-12,17H,2,5-6,13-14H2,1H3,(H,23,28)(H,24,27). The molecule has 7 nitrogen and oxygen atoms in total. The molecule has 0 bridgehead atoms. The van der Waals surface area contributed by atoms with E-state index in [1.165, 1.54) is 5.56 Å². The zero-order valence-electron chi connectivity index (χ0n) is 16.4. The molecule has 1 unspecified atom stereocenters. The van der Waals surface area contributed by atoms with Gasteiger partial charge in [-0.2, -0.15) is 0 Å². The first kappa shape index (κ1) is 19.1. The van der Waals surface area contributed by atoms with E-state index in [-0.39, 0.29) is 29.4 Å². The van der Waals surface area contributed by atoms with E-state index < -0.39 is 0 Å². The lowest BCUT2D eigenvalue weighted by molar-refractivity contribution is 0.0848. The lowest BCUT2D eigenvalue weighted by atomic mass is 10.1. The van der Waals surface area contributed by atoms with Crippen molar-refractivity contribution in [2.75, 3.05) is 18.5 Å². The Morgan fingerprint density at radius 3 is 2.72 bits per heavy atom. The molecule has 2 aromatic heterocycles. The predicted octanol–water partition coefficient (Wildman–Crippen LogP) is 3.06. The third-order valence-electron chi connectivity index (χ3n) is 5.10. The highest BCUT2D eigenvalue weighted by Crippen LogP contribution is 2.17. The summed E-state index contributed by atoms with van der Waals surface area (Å²) in [4.78, 5) is 29.9. The van der Waals surface area contributed by atoms with Crippen molar-refractivity contribution >= 4 is 23.0 Å². The van der Waals surface area contributed by atoms with E-state index in [1.54, 1.807) is 22.7 Å². The fourth-order valence-electron chi connectivity index (χ4n) is 3.47. The number of hydrogen-bond donors (Lipinski definition) is 2. The minimum absolute atomic E-state index is 0.0408. The van der Waals surface area contributed by atoms with Crippen LogP contribution >= 0.6 is 0 Å². The normalized spacial score (nSPS) is 16.1. The van der Waals surface area contributed by atoms with Crippen molar-refractivity contribution in [2.24, 2.45) is 0 Å². The molecule has 1 atom stereocenters. The van der Waals surface area contributed by atoms with Gasteiger partial charge in [-0.3, -0.25) is 14.0 Å². The van der Waals surface area contributed by atoms with Crippen LogP contribution in [0.15, 0.2) is 48.7 Å². The Labute approximate surface area is 169 Å². The number of pyridine rings is 1. The number of aromatic nitrogens is 2. The number of carbonyl (C=O) groups is 2. The van der Waals surface area contributed by atoms with Gasteiger partial charge in [0.15, 0.2) is 5.69 Å². The van der Waals surface area contributed by atoms with Crippen molar-refractivity contribution in [3.05, 3.63) is 65.7 Å². The maximum absolute atomic E-state index is 12.8. The van der Waals surface area contributed by atoms with Crippen LogP contribution in [0.1, 0.15) is 46.4 Å².